The summed E-state index contributed by atoms with van der Waals surface area (Å²) in [7, 11) is 0. The third-order valence-electron chi connectivity index (χ3n) is 12.7. The zero-order valence-corrected chi connectivity index (χ0v) is 42.0. The average molecular weight is 1040 g/mol. The second-order valence-electron chi connectivity index (χ2n) is 18.6. The number of aromatic amines is 1. The number of aliphatic imine (C=N–C) groups is 2. The highest BCUT2D eigenvalue weighted by Gasteiger charge is 2.43. The molecule has 5 rings (SSSR count). The maximum atomic E-state index is 14.7. The van der Waals surface area contributed by atoms with Gasteiger partial charge in [-0.15, -0.1) is 0 Å². The normalized spacial score (nSPS) is 23.0. The molecule has 2 aliphatic rings. The van der Waals surface area contributed by atoms with Crippen LogP contribution in [0.5, 0.6) is 0 Å². The maximum absolute atomic E-state index is 14.7. The van der Waals surface area contributed by atoms with E-state index in [0.29, 0.717) is 11.1 Å². The van der Waals surface area contributed by atoms with E-state index in [1.54, 1.807) is 36.5 Å². The molecule has 20 N–H and O–H groups in total. The first-order valence-corrected chi connectivity index (χ1v) is 24.9. The molecule has 2 aromatic carbocycles. The van der Waals surface area contributed by atoms with Crippen LogP contribution in [0.25, 0.3) is 10.9 Å². The molecule has 2 aliphatic heterocycles. The number of benzene rings is 2. The summed E-state index contributed by atoms with van der Waals surface area (Å²) < 4.78 is 0. The molecular formula is C49H71N17O9. The fraction of sp³-hybridized carbons (Fsp3) is 0.490. The van der Waals surface area contributed by atoms with E-state index in [4.69, 9.17) is 34.4 Å². The van der Waals surface area contributed by atoms with Gasteiger partial charge >= 0.3 is 0 Å². The Morgan fingerprint density at radius 2 is 1.39 bits per heavy atom. The van der Waals surface area contributed by atoms with Gasteiger partial charge in [-0.1, -0.05) is 48.5 Å². The van der Waals surface area contributed by atoms with Crippen LogP contribution in [-0.4, -0.2) is 149 Å². The number of carbonyl (C=O) groups is 9. The molecule has 2 fully saturated rings. The minimum Gasteiger partial charge on any atom is -0.370 e. The van der Waals surface area contributed by atoms with E-state index >= 15 is 0 Å². The number of rotatable bonds is 16. The van der Waals surface area contributed by atoms with E-state index in [9.17, 15) is 43.2 Å². The third-order valence-corrected chi connectivity index (χ3v) is 12.7. The van der Waals surface area contributed by atoms with Crippen molar-refractivity contribution in [3.05, 3.63) is 71.9 Å². The summed E-state index contributed by atoms with van der Waals surface area (Å²) in [5.74, 6) is -7.04. The number of aromatic nitrogens is 1. The van der Waals surface area contributed by atoms with Crippen molar-refractivity contribution in [1.29, 1.82) is 0 Å². The number of hydrogen-bond donors (Lipinski definition) is 14. The molecule has 75 heavy (non-hydrogen) atoms. The number of amides is 9. The fourth-order valence-electron chi connectivity index (χ4n) is 8.94. The van der Waals surface area contributed by atoms with Crippen LogP contribution < -0.4 is 71.6 Å². The number of primary amides is 1. The van der Waals surface area contributed by atoms with E-state index < -0.39 is 101 Å². The maximum Gasteiger partial charge on any atom is 0.245 e. The largest absolute Gasteiger partial charge is 0.370 e. The molecular weight excluding hydrogens is 971 g/mol. The van der Waals surface area contributed by atoms with Crippen LogP contribution in [0.15, 0.2) is 70.8 Å². The lowest BCUT2D eigenvalue weighted by Gasteiger charge is -2.31. The number of guanidine groups is 2. The third kappa shape index (κ3) is 18.0. The number of fused-ring (bicyclic) bond motifs is 2. The van der Waals surface area contributed by atoms with Crippen molar-refractivity contribution in [1.82, 2.24) is 47.1 Å². The Balaban J connectivity index is 1.53. The van der Waals surface area contributed by atoms with E-state index in [0.717, 1.165) is 10.9 Å². The van der Waals surface area contributed by atoms with Gasteiger partial charge in [0, 0.05) is 75.5 Å². The van der Waals surface area contributed by atoms with Gasteiger partial charge in [-0.25, -0.2) is 0 Å². The van der Waals surface area contributed by atoms with E-state index in [1.165, 1.54) is 11.8 Å². The molecule has 3 aromatic rings. The van der Waals surface area contributed by atoms with E-state index in [1.807, 2.05) is 24.3 Å². The molecule has 0 spiro atoms. The van der Waals surface area contributed by atoms with Crippen molar-refractivity contribution in [2.24, 2.45) is 44.4 Å². The summed E-state index contributed by atoms with van der Waals surface area (Å²) >= 11 is 0. The highest BCUT2D eigenvalue weighted by Crippen LogP contribution is 2.22. The van der Waals surface area contributed by atoms with Crippen LogP contribution >= 0.6 is 0 Å². The van der Waals surface area contributed by atoms with E-state index in [2.05, 4.69) is 52.2 Å². The molecule has 8 atom stereocenters. The number of nitrogens with one attached hydrogen (secondary N) is 8. The summed E-state index contributed by atoms with van der Waals surface area (Å²) in [5.41, 5.74) is 36.3. The van der Waals surface area contributed by atoms with Crippen molar-refractivity contribution >= 4 is 76.0 Å². The lowest BCUT2D eigenvalue weighted by Crippen LogP contribution is -2.60. The van der Waals surface area contributed by atoms with Crippen LogP contribution in [0.4, 0.5) is 0 Å². The minimum absolute atomic E-state index is 0.00599. The molecule has 9 amide bonds. The van der Waals surface area contributed by atoms with Gasteiger partial charge in [0.15, 0.2) is 11.9 Å². The molecule has 0 radical (unpaired) electrons. The smallest absolute Gasteiger partial charge is 0.245 e. The Bertz CT molecular complexity index is 2560. The number of nitrogens with two attached hydrogens (primary N) is 6. The standard InChI is InChI=1S/C49H71N17O9/c1-27(67)60-34(15-8-20-57-48(52)53)42(70)63-36-17-18-40(68)56-19-7-14-33(41(51)69)61-45(73)38(23-29-25-59-32-13-6-5-12-31(29)32)64-43(71)35(16-9-21-58-49(54)55)62-44(72)37(22-28-10-3-2-4-11-28)65-46(74)39-24-30(50)26-66(39)47(36)75/h2-6,10-13,25,30,33-39,59H,7-9,14-24,26,50H2,1H3,(H2,51,69)(H,56,68)(H,60,67)(H,61,73)(H,62,72)(H,63,70)(H,64,71)(H,65,74)(H4,52,53,57)(H4,54,55,58)/t30?,33?,34-,35-,36?,37?,38-,39-/m0/s1. The molecule has 1 aromatic heterocycles. The van der Waals surface area contributed by atoms with Gasteiger partial charge in [-0.05, 0) is 68.6 Å². The first-order chi connectivity index (χ1) is 35.8. The monoisotopic (exact) mass is 1040 g/mol. The fourth-order valence-corrected chi connectivity index (χ4v) is 8.94. The highest BCUT2D eigenvalue weighted by atomic mass is 16.2. The zero-order chi connectivity index (χ0) is 54.6. The second-order valence-corrected chi connectivity index (χ2v) is 18.6. The molecule has 406 valence electrons. The molecule has 3 heterocycles. The predicted molar refractivity (Wildman–Crippen MR) is 278 cm³/mol. The van der Waals surface area contributed by atoms with Gasteiger partial charge in [0.05, 0.1) is 0 Å². The van der Waals surface area contributed by atoms with Crippen molar-refractivity contribution in [3.8, 4) is 0 Å². The molecule has 2 saturated heterocycles. The van der Waals surface area contributed by atoms with Crippen molar-refractivity contribution in [2.45, 2.75) is 126 Å². The molecule has 0 aliphatic carbocycles. The average Bonchev–Trinajstić information content (AvgIpc) is 3.97. The number of para-hydroxylation sites is 1. The number of carbonyl (C=O) groups excluding carboxylic acids is 9. The van der Waals surface area contributed by atoms with Crippen LogP contribution in [-0.2, 0) is 56.0 Å². The van der Waals surface area contributed by atoms with Gasteiger partial charge in [-0.3, -0.25) is 53.1 Å². The molecule has 4 unspecified atom stereocenters. The van der Waals surface area contributed by atoms with Crippen molar-refractivity contribution in [2.75, 3.05) is 26.2 Å². The Morgan fingerprint density at radius 1 is 0.760 bits per heavy atom. The highest BCUT2D eigenvalue weighted by molar-refractivity contribution is 5.98. The molecule has 26 heteroatoms. The topological polar surface area (TPSA) is 438 Å². The minimum atomic E-state index is -1.44. The zero-order valence-electron chi connectivity index (χ0n) is 42.0. The SMILES string of the molecule is CC(=O)N[C@@H](CCCN=C(N)N)C(=O)NC1CCC(=O)NCCCC(C(N)=O)NC(=O)[C@H](Cc2c[nH]c3ccccc23)NC(=O)[C@H](CCCN=C(N)N)NC(=O)C(Cc2ccccc2)NC(=O)[C@@H]2CC(N)CN2C1=O. The Hall–Kier alpha value is -8.29. The predicted octanol–water partition coefficient (Wildman–Crippen LogP) is -3.91. The summed E-state index contributed by atoms with van der Waals surface area (Å²) in [6, 6.07) is 6.09. The second kappa shape index (κ2) is 28.2. The van der Waals surface area contributed by atoms with Crippen molar-refractivity contribution < 1.29 is 43.2 Å². The van der Waals surface area contributed by atoms with Crippen LogP contribution in [0.2, 0.25) is 0 Å². The first kappa shape index (κ1) is 57.6. The number of H-pyrrole nitrogens is 1. The number of hydrogen-bond acceptors (Lipinski definition) is 12. The summed E-state index contributed by atoms with van der Waals surface area (Å²) in [5, 5.41) is 19.7. The Morgan fingerprint density at radius 3 is 2.08 bits per heavy atom. The van der Waals surface area contributed by atoms with Gasteiger partial charge < -0.3 is 81.5 Å². The lowest BCUT2D eigenvalue weighted by molar-refractivity contribution is -0.143. The van der Waals surface area contributed by atoms with E-state index in [-0.39, 0.29) is 109 Å². The molecule has 0 saturated carbocycles. The molecule has 0 bridgehead atoms. The molecule has 26 nitrogen and oxygen atoms in total. The van der Waals surface area contributed by atoms with Crippen LogP contribution in [0.3, 0.4) is 0 Å². The lowest BCUT2D eigenvalue weighted by atomic mass is 10.0. The van der Waals surface area contributed by atoms with Crippen LogP contribution in [0, 0.1) is 0 Å². The first-order valence-electron chi connectivity index (χ1n) is 24.9. The summed E-state index contributed by atoms with van der Waals surface area (Å²) in [6.45, 7) is 1.25. The summed E-state index contributed by atoms with van der Waals surface area (Å²) in [4.78, 5) is 137. The van der Waals surface area contributed by atoms with Crippen molar-refractivity contribution in [3.63, 3.8) is 0 Å². The Kier molecular flexibility index (Phi) is 21.7. The quantitative estimate of drug-likeness (QED) is 0.0371. The van der Waals surface area contributed by atoms with Gasteiger partial charge in [0.2, 0.25) is 53.2 Å². The summed E-state index contributed by atoms with van der Waals surface area (Å²) in [6.07, 6.45) is 1.41. The van der Waals surface area contributed by atoms with Gasteiger partial charge in [0.1, 0.15) is 42.3 Å². The number of nitrogens with zero attached hydrogens (tertiary/aromatic N) is 3. The van der Waals surface area contributed by atoms with Gasteiger partial charge in [-0.2, -0.15) is 0 Å². The van der Waals surface area contributed by atoms with Gasteiger partial charge in [0.25, 0.3) is 0 Å². The Labute approximate surface area is 433 Å². The van der Waals surface area contributed by atoms with Crippen LogP contribution in [0.1, 0.15) is 75.8 Å².